The van der Waals surface area contributed by atoms with Gasteiger partial charge in [0.05, 0.1) is 5.02 Å². The molecule has 2 heterocycles. The highest BCUT2D eigenvalue weighted by Gasteiger charge is 2.16. The van der Waals surface area contributed by atoms with E-state index in [-0.39, 0.29) is 12.4 Å². The second-order valence-electron chi connectivity index (χ2n) is 4.20. The summed E-state index contributed by atoms with van der Waals surface area (Å²) in [5, 5.41) is 20.2. The van der Waals surface area contributed by atoms with Gasteiger partial charge in [-0.3, -0.25) is 4.79 Å². The summed E-state index contributed by atoms with van der Waals surface area (Å²) in [6.07, 6.45) is 0. The number of halogens is 1. The first kappa shape index (κ1) is 13.3. The second-order valence-corrected chi connectivity index (χ2v) is 4.60. The Kier molecular flexibility index (Phi) is 3.41. The number of carboxylic acids is 1. The van der Waals surface area contributed by atoms with Crippen LogP contribution in [0.25, 0.3) is 22.9 Å². The van der Waals surface area contributed by atoms with Gasteiger partial charge >= 0.3 is 5.97 Å². The van der Waals surface area contributed by atoms with E-state index in [1.807, 2.05) is 18.2 Å². The first-order chi connectivity index (χ1) is 10.1. The van der Waals surface area contributed by atoms with Gasteiger partial charge in [0.1, 0.15) is 12.3 Å². The molecule has 0 bridgehead atoms. The third-order valence-electron chi connectivity index (χ3n) is 2.78. The molecule has 0 aliphatic heterocycles. The van der Waals surface area contributed by atoms with E-state index < -0.39 is 5.97 Å². The fourth-order valence-corrected chi connectivity index (χ4v) is 2.11. The van der Waals surface area contributed by atoms with Gasteiger partial charge in [-0.25, -0.2) is 4.68 Å². The monoisotopic (exact) mass is 304 g/mol. The van der Waals surface area contributed by atoms with Crippen molar-refractivity contribution in [2.24, 2.45) is 0 Å². The number of hydrogen-bond donors (Lipinski definition) is 1. The number of tetrazole rings is 1. The molecule has 7 nitrogen and oxygen atoms in total. The Morgan fingerprint density at radius 3 is 2.76 bits per heavy atom. The van der Waals surface area contributed by atoms with E-state index in [2.05, 4.69) is 15.5 Å². The van der Waals surface area contributed by atoms with Gasteiger partial charge in [-0.05, 0) is 34.7 Å². The summed E-state index contributed by atoms with van der Waals surface area (Å²) in [5.41, 5.74) is 0.739. The molecule has 0 radical (unpaired) electrons. The van der Waals surface area contributed by atoms with Gasteiger partial charge in [0, 0.05) is 5.56 Å². The van der Waals surface area contributed by atoms with Crippen molar-refractivity contribution >= 4 is 17.6 Å². The summed E-state index contributed by atoms with van der Waals surface area (Å²) < 4.78 is 6.83. The standard InChI is InChI=1S/C13H9ClN4O3/c14-9-4-2-1-3-8(9)10-5-6-11(21-10)13-15-16-17-18(13)7-12(19)20/h1-6H,7H2,(H,19,20). The molecular formula is C13H9ClN4O3. The molecule has 0 unspecified atom stereocenters. The molecule has 0 fully saturated rings. The summed E-state index contributed by atoms with van der Waals surface area (Å²) in [4.78, 5) is 10.8. The number of aliphatic carboxylic acids is 1. The minimum atomic E-state index is -1.04. The van der Waals surface area contributed by atoms with Crippen molar-refractivity contribution in [3.8, 4) is 22.9 Å². The van der Waals surface area contributed by atoms with E-state index in [1.165, 1.54) is 0 Å². The first-order valence-electron chi connectivity index (χ1n) is 5.98. The maximum absolute atomic E-state index is 10.8. The van der Waals surface area contributed by atoms with Crippen LogP contribution >= 0.6 is 11.6 Å². The predicted octanol–water partition coefficient (Wildman–Crippen LogP) is 2.34. The minimum absolute atomic E-state index is 0.246. The van der Waals surface area contributed by atoms with E-state index in [0.717, 1.165) is 10.2 Å². The highest BCUT2D eigenvalue weighted by molar-refractivity contribution is 6.33. The zero-order chi connectivity index (χ0) is 14.8. The van der Waals surface area contributed by atoms with Crippen molar-refractivity contribution in [3.63, 3.8) is 0 Å². The lowest BCUT2D eigenvalue weighted by molar-refractivity contribution is -0.137. The van der Waals surface area contributed by atoms with E-state index in [9.17, 15) is 4.79 Å². The van der Waals surface area contributed by atoms with Crippen LogP contribution in [0.15, 0.2) is 40.8 Å². The summed E-state index contributed by atoms with van der Waals surface area (Å²) in [6, 6.07) is 10.7. The Labute approximate surface area is 123 Å². The smallest absolute Gasteiger partial charge is 0.325 e. The second kappa shape index (κ2) is 5.37. The third kappa shape index (κ3) is 2.63. The van der Waals surface area contributed by atoms with E-state index in [0.29, 0.717) is 16.5 Å². The van der Waals surface area contributed by atoms with Crippen molar-refractivity contribution in [2.45, 2.75) is 6.54 Å². The van der Waals surface area contributed by atoms with Crippen LogP contribution in [-0.4, -0.2) is 31.3 Å². The molecular weight excluding hydrogens is 296 g/mol. The van der Waals surface area contributed by atoms with Gasteiger partial charge in [-0.1, -0.05) is 23.7 Å². The molecule has 0 aliphatic rings. The van der Waals surface area contributed by atoms with Crippen molar-refractivity contribution < 1.29 is 14.3 Å². The van der Waals surface area contributed by atoms with E-state index in [4.69, 9.17) is 21.1 Å². The normalized spacial score (nSPS) is 10.7. The molecule has 0 saturated carbocycles. The van der Waals surface area contributed by atoms with Gasteiger partial charge in [0.25, 0.3) is 0 Å². The molecule has 0 aliphatic carbocycles. The molecule has 2 aromatic heterocycles. The van der Waals surface area contributed by atoms with E-state index in [1.54, 1.807) is 18.2 Å². The number of aromatic nitrogens is 4. The molecule has 1 aromatic carbocycles. The lowest BCUT2D eigenvalue weighted by Crippen LogP contribution is -2.11. The maximum Gasteiger partial charge on any atom is 0.325 e. The lowest BCUT2D eigenvalue weighted by Gasteiger charge is -2.00. The zero-order valence-corrected chi connectivity index (χ0v) is 11.4. The number of carbonyl (C=O) groups is 1. The highest BCUT2D eigenvalue weighted by atomic mass is 35.5. The first-order valence-corrected chi connectivity index (χ1v) is 6.36. The van der Waals surface area contributed by atoms with Gasteiger partial charge in [-0.15, -0.1) is 5.10 Å². The van der Waals surface area contributed by atoms with Crippen molar-refractivity contribution in [1.29, 1.82) is 0 Å². The predicted molar refractivity (Wildman–Crippen MR) is 73.6 cm³/mol. The Bertz CT molecular complexity index is 796. The number of furan rings is 1. The maximum atomic E-state index is 10.8. The molecule has 0 spiro atoms. The van der Waals surface area contributed by atoms with Crippen LogP contribution < -0.4 is 0 Å². The molecule has 106 valence electrons. The van der Waals surface area contributed by atoms with Crippen LogP contribution in [0, 0.1) is 0 Å². The largest absolute Gasteiger partial charge is 0.480 e. The van der Waals surface area contributed by atoms with Gasteiger partial charge < -0.3 is 9.52 Å². The Balaban J connectivity index is 1.98. The molecule has 3 rings (SSSR count). The van der Waals surface area contributed by atoms with Gasteiger partial charge in [0.15, 0.2) is 5.76 Å². The Hall–Kier alpha value is -2.67. The number of carboxylic acid groups (broad SMARTS) is 1. The average Bonchev–Trinajstić information content (AvgIpc) is 3.07. The van der Waals surface area contributed by atoms with Crippen LogP contribution in [0.3, 0.4) is 0 Å². The Morgan fingerprint density at radius 2 is 2.00 bits per heavy atom. The average molecular weight is 305 g/mol. The summed E-state index contributed by atoms with van der Waals surface area (Å²) in [6.45, 7) is -0.343. The molecule has 3 aromatic rings. The van der Waals surface area contributed by atoms with Crippen LogP contribution in [0.4, 0.5) is 0 Å². The number of benzene rings is 1. The fraction of sp³-hybridized carbons (Fsp3) is 0.0769. The molecule has 1 N–H and O–H groups in total. The number of nitrogens with zero attached hydrogens (tertiary/aromatic N) is 4. The number of rotatable bonds is 4. The molecule has 21 heavy (non-hydrogen) atoms. The minimum Gasteiger partial charge on any atom is -0.480 e. The zero-order valence-electron chi connectivity index (χ0n) is 10.6. The lowest BCUT2D eigenvalue weighted by atomic mass is 10.2. The molecule has 0 amide bonds. The fourth-order valence-electron chi connectivity index (χ4n) is 1.88. The quantitative estimate of drug-likeness (QED) is 0.795. The van der Waals surface area contributed by atoms with Crippen LogP contribution in [0.2, 0.25) is 5.02 Å². The van der Waals surface area contributed by atoms with Crippen molar-refractivity contribution in [2.75, 3.05) is 0 Å². The van der Waals surface area contributed by atoms with Gasteiger partial charge in [-0.2, -0.15) is 0 Å². The SMILES string of the molecule is O=C(O)Cn1nnnc1-c1ccc(-c2ccccc2Cl)o1. The molecule has 0 saturated heterocycles. The molecule has 0 atom stereocenters. The highest BCUT2D eigenvalue weighted by Crippen LogP contribution is 2.31. The summed E-state index contributed by atoms with van der Waals surface area (Å²) in [5.74, 6) is 0.133. The van der Waals surface area contributed by atoms with Crippen LogP contribution in [-0.2, 0) is 11.3 Å². The van der Waals surface area contributed by atoms with E-state index >= 15 is 0 Å². The van der Waals surface area contributed by atoms with Crippen LogP contribution in [0.5, 0.6) is 0 Å². The van der Waals surface area contributed by atoms with Crippen molar-refractivity contribution in [3.05, 3.63) is 41.4 Å². The topological polar surface area (TPSA) is 94.0 Å². The third-order valence-corrected chi connectivity index (χ3v) is 3.11. The summed E-state index contributed by atoms with van der Waals surface area (Å²) >= 11 is 6.11. The van der Waals surface area contributed by atoms with Crippen molar-refractivity contribution in [1.82, 2.24) is 20.2 Å². The van der Waals surface area contributed by atoms with Crippen LogP contribution in [0.1, 0.15) is 0 Å². The summed E-state index contributed by atoms with van der Waals surface area (Å²) in [7, 11) is 0. The number of hydrogen-bond acceptors (Lipinski definition) is 5. The van der Waals surface area contributed by atoms with Gasteiger partial charge in [0.2, 0.25) is 5.82 Å². The Morgan fingerprint density at radius 1 is 1.24 bits per heavy atom. The molecule has 8 heteroatoms.